The molecule has 3 heterocycles. The zero-order valence-electron chi connectivity index (χ0n) is 10.6. The van der Waals surface area contributed by atoms with Gasteiger partial charge in [-0.05, 0) is 37.1 Å². The Kier molecular flexibility index (Phi) is 3.68. The van der Waals surface area contributed by atoms with Gasteiger partial charge in [-0.1, -0.05) is 11.6 Å². The number of halogens is 1. The quantitative estimate of drug-likeness (QED) is 0.805. The second-order valence-electron chi connectivity index (χ2n) is 5.26. The molecule has 1 aromatic heterocycles. The zero-order chi connectivity index (χ0) is 13.2. The molecule has 2 N–H and O–H groups in total. The molecule has 102 valence electrons. The van der Waals surface area contributed by atoms with Gasteiger partial charge in [0, 0.05) is 19.3 Å². The molecule has 0 aliphatic carbocycles. The van der Waals surface area contributed by atoms with E-state index in [1.165, 1.54) is 0 Å². The summed E-state index contributed by atoms with van der Waals surface area (Å²) in [5.74, 6) is 1.38. The molecule has 19 heavy (non-hydrogen) atoms. The molecule has 5 nitrogen and oxygen atoms in total. The lowest BCUT2D eigenvalue weighted by Gasteiger charge is -2.16. The number of hydrogen-bond donors (Lipinski definition) is 2. The van der Waals surface area contributed by atoms with Gasteiger partial charge >= 0.3 is 0 Å². The van der Waals surface area contributed by atoms with E-state index in [1.54, 1.807) is 18.3 Å². The molecule has 2 fully saturated rings. The highest BCUT2D eigenvalue weighted by Gasteiger charge is 2.36. The van der Waals surface area contributed by atoms with Crippen molar-refractivity contribution < 1.29 is 4.79 Å². The molecule has 6 heteroatoms. The van der Waals surface area contributed by atoms with Crippen LogP contribution in [0.15, 0.2) is 18.3 Å². The van der Waals surface area contributed by atoms with Crippen LogP contribution in [0.25, 0.3) is 0 Å². The number of nitrogens with zero attached hydrogens (tertiary/aromatic N) is 2. The molecular formula is C13H17ClN4O. The normalized spacial score (nSPS) is 26.4. The number of amides is 1. The van der Waals surface area contributed by atoms with Gasteiger partial charge in [-0.2, -0.15) is 0 Å². The van der Waals surface area contributed by atoms with Crippen molar-refractivity contribution in [2.24, 2.45) is 11.8 Å². The van der Waals surface area contributed by atoms with E-state index in [0.29, 0.717) is 29.2 Å². The zero-order valence-corrected chi connectivity index (χ0v) is 11.4. The number of aromatic nitrogens is 1. The predicted octanol–water partition coefficient (Wildman–Crippen LogP) is 0.825. The number of likely N-dealkylation sites (tertiary alicyclic amines) is 1. The molecule has 1 amide bonds. The van der Waals surface area contributed by atoms with Gasteiger partial charge in [0.15, 0.2) is 5.15 Å². The van der Waals surface area contributed by atoms with Crippen molar-refractivity contribution in [2.45, 2.75) is 0 Å². The van der Waals surface area contributed by atoms with E-state index in [-0.39, 0.29) is 5.91 Å². The smallest absolute Gasteiger partial charge is 0.238 e. The van der Waals surface area contributed by atoms with Crippen molar-refractivity contribution in [3.05, 3.63) is 23.5 Å². The summed E-state index contributed by atoms with van der Waals surface area (Å²) >= 11 is 5.92. The summed E-state index contributed by atoms with van der Waals surface area (Å²) in [4.78, 5) is 18.1. The summed E-state index contributed by atoms with van der Waals surface area (Å²) in [6.45, 7) is 4.60. The largest absolute Gasteiger partial charge is 0.322 e. The lowest BCUT2D eigenvalue weighted by molar-refractivity contribution is -0.117. The van der Waals surface area contributed by atoms with Crippen LogP contribution in [0.4, 0.5) is 5.69 Å². The second-order valence-corrected chi connectivity index (χ2v) is 5.62. The summed E-state index contributed by atoms with van der Waals surface area (Å²) in [6.07, 6.45) is 1.60. The van der Waals surface area contributed by atoms with Crippen molar-refractivity contribution in [1.82, 2.24) is 15.2 Å². The molecule has 0 spiro atoms. The van der Waals surface area contributed by atoms with E-state index in [1.807, 2.05) is 0 Å². The number of fused-ring (bicyclic) bond motifs is 1. The Labute approximate surface area is 117 Å². The number of hydrogen-bond acceptors (Lipinski definition) is 4. The maximum Gasteiger partial charge on any atom is 0.238 e. The first-order valence-electron chi connectivity index (χ1n) is 6.56. The van der Waals surface area contributed by atoms with E-state index in [2.05, 4.69) is 20.5 Å². The number of rotatable bonds is 3. The SMILES string of the molecule is O=C(CN1CC2CNCC2C1)Nc1cccnc1Cl. The highest BCUT2D eigenvalue weighted by Crippen LogP contribution is 2.26. The third-order valence-corrected chi connectivity index (χ3v) is 4.17. The van der Waals surface area contributed by atoms with Crippen molar-refractivity contribution >= 4 is 23.2 Å². The molecule has 0 aromatic carbocycles. The molecule has 1 aromatic rings. The number of nitrogens with one attached hydrogen (secondary N) is 2. The fourth-order valence-corrected chi connectivity index (χ4v) is 3.12. The van der Waals surface area contributed by atoms with Crippen LogP contribution < -0.4 is 10.6 Å². The van der Waals surface area contributed by atoms with Crippen LogP contribution in [0.3, 0.4) is 0 Å². The third-order valence-electron chi connectivity index (χ3n) is 3.87. The first kappa shape index (κ1) is 12.8. The third kappa shape index (κ3) is 2.88. The average molecular weight is 281 g/mol. The van der Waals surface area contributed by atoms with Crippen LogP contribution in [0.2, 0.25) is 5.15 Å². The van der Waals surface area contributed by atoms with E-state index >= 15 is 0 Å². The molecule has 3 rings (SSSR count). The van der Waals surface area contributed by atoms with E-state index in [9.17, 15) is 4.79 Å². The first-order valence-corrected chi connectivity index (χ1v) is 6.93. The van der Waals surface area contributed by atoms with Crippen molar-refractivity contribution in [2.75, 3.05) is 38.0 Å². The highest BCUT2D eigenvalue weighted by atomic mass is 35.5. The Morgan fingerprint density at radius 2 is 2.21 bits per heavy atom. The van der Waals surface area contributed by atoms with E-state index in [0.717, 1.165) is 26.2 Å². The Hall–Kier alpha value is -1.17. The molecule has 2 atom stereocenters. The lowest BCUT2D eigenvalue weighted by Crippen LogP contribution is -2.33. The fraction of sp³-hybridized carbons (Fsp3) is 0.538. The number of carbonyl (C=O) groups excluding carboxylic acids is 1. The molecule has 0 saturated carbocycles. The van der Waals surface area contributed by atoms with Crippen LogP contribution in [-0.4, -0.2) is 48.5 Å². The Morgan fingerprint density at radius 1 is 1.47 bits per heavy atom. The molecular weight excluding hydrogens is 264 g/mol. The van der Waals surface area contributed by atoms with Crippen LogP contribution in [-0.2, 0) is 4.79 Å². The van der Waals surface area contributed by atoms with E-state index in [4.69, 9.17) is 11.6 Å². The fourth-order valence-electron chi connectivity index (χ4n) is 2.95. The van der Waals surface area contributed by atoms with Crippen molar-refractivity contribution in [3.8, 4) is 0 Å². The Bertz CT molecular complexity index is 469. The average Bonchev–Trinajstić information content (AvgIpc) is 2.92. The van der Waals surface area contributed by atoms with Gasteiger partial charge in [-0.25, -0.2) is 4.98 Å². The van der Waals surface area contributed by atoms with Crippen LogP contribution >= 0.6 is 11.6 Å². The van der Waals surface area contributed by atoms with Crippen molar-refractivity contribution in [3.63, 3.8) is 0 Å². The van der Waals surface area contributed by atoms with Gasteiger partial charge in [-0.3, -0.25) is 9.69 Å². The Morgan fingerprint density at radius 3 is 2.89 bits per heavy atom. The Balaban J connectivity index is 1.53. The molecule has 2 saturated heterocycles. The molecule has 0 radical (unpaired) electrons. The lowest BCUT2D eigenvalue weighted by atomic mass is 10.0. The number of pyridine rings is 1. The van der Waals surface area contributed by atoms with Gasteiger partial charge in [0.25, 0.3) is 0 Å². The summed E-state index contributed by atoms with van der Waals surface area (Å²) in [5, 5.41) is 6.54. The minimum absolute atomic E-state index is 0.0252. The highest BCUT2D eigenvalue weighted by molar-refractivity contribution is 6.32. The van der Waals surface area contributed by atoms with E-state index < -0.39 is 0 Å². The predicted molar refractivity (Wildman–Crippen MR) is 74.2 cm³/mol. The van der Waals surface area contributed by atoms with Gasteiger partial charge < -0.3 is 10.6 Å². The van der Waals surface area contributed by atoms with Crippen LogP contribution in [0, 0.1) is 11.8 Å². The first-order chi connectivity index (χ1) is 9.22. The van der Waals surface area contributed by atoms with Crippen LogP contribution in [0.1, 0.15) is 0 Å². The summed E-state index contributed by atoms with van der Waals surface area (Å²) in [7, 11) is 0. The summed E-state index contributed by atoms with van der Waals surface area (Å²) < 4.78 is 0. The van der Waals surface area contributed by atoms with Gasteiger partial charge in [0.05, 0.1) is 12.2 Å². The summed E-state index contributed by atoms with van der Waals surface area (Å²) in [5.41, 5.74) is 0.579. The van der Waals surface area contributed by atoms with Crippen molar-refractivity contribution in [1.29, 1.82) is 0 Å². The molecule has 2 aliphatic heterocycles. The molecule has 2 aliphatic rings. The monoisotopic (exact) mass is 280 g/mol. The topological polar surface area (TPSA) is 57.3 Å². The second kappa shape index (κ2) is 5.45. The van der Waals surface area contributed by atoms with Crippen LogP contribution in [0.5, 0.6) is 0 Å². The minimum atomic E-state index is -0.0252. The standard InChI is InChI=1S/C13H17ClN4O/c14-13-11(2-1-3-16-13)17-12(19)8-18-6-9-4-15-5-10(9)7-18/h1-3,9-10,15H,4-8H2,(H,17,19). The molecule has 2 unspecified atom stereocenters. The maximum atomic E-state index is 12.0. The number of carbonyl (C=O) groups is 1. The van der Waals surface area contributed by atoms with Gasteiger partial charge in [0.1, 0.15) is 0 Å². The maximum absolute atomic E-state index is 12.0. The number of anilines is 1. The minimum Gasteiger partial charge on any atom is -0.322 e. The van der Waals surface area contributed by atoms with Gasteiger partial charge in [-0.15, -0.1) is 0 Å². The molecule has 0 bridgehead atoms. The summed E-state index contributed by atoms with van der Waals surface area (Å²) in [6, 6.07) is 3.52. The van der Waals surface area contributed by atoms with Gasteiger partial charge in [0.2, 0.25) is 5.91 Å².